The van der Waals surface area contributed by atoms with Gasteiger partial charge in [0.1, 0.15) is 11.4 Å². The molecule has 0 bridgehead atoms. The van der Waals surface area contributed by atoms with Crippen LogP contribution in [0, 0.1) is 5.82 Å². The molecular formula is C16H18ClFN2O2. The molecule has 0 aliphatic carbocycles. The quantitative estimate of drug-likeness (QED) is 0.884. The molecule has 0 saturated heterocycles. The summed E-state index contributed by atoms with van der Waals surface area (Å²) in [6, 6.07) is 4.25. The molecule has 0 aliphatic rings. The fourth-order valence-corrected chi connectivity index (χ4v) is 2.64. The Kier molecular flexibility index (Phi) is 4.86. The van der Waals surface area contributed by atoms with Gasteiger partial charge in [0, 0.05) is 0 Å². The third-order valence-corrected chi connectivity index (χ3v) is 3.68. The molecule has 0 spiro atoms. The summed E-state index contributed by atoms with van der Waals surface area (Å²) < 4.78 is 14.9. The van der Waals surface area contributed by atoms with Crippen LogP contribution in [0.1, 0.15) is 54.9 Å². The van der Waals surface area contributed by atoms with Crippen LogP contribution in [0.15, 0.2) is 18.2 Å². The van der Waals surface area contributed by atoms with Crippen molar-refractivity contribution in [3.63, 3.8) is 0 Å². The Bertz CT molecular complexity index is 710. The molecule has 1 N–H and O–H groups in total. The molecule has 2 aromatic rings. The van der Waals surface area contributed by atoms with Crippen molar-refractivity contribution < 1.29 is 14.3 Å². The average Bonchev–Trinajstić information content (AvgIpc) is 2.82. The standard InChI is InChI=1S/C16H18ClFN2O2/c1-4-5-13-14(16(21)22)15(9(2)3)20(19-13)10-6-7-12(18)11(17)8-10/h6-9H,4-5H2,1-3H3,(H,21,22). The lowest BCUT2D eigenvalue weighted by molar-refractivity contribution is 0.0694. The lowest BCUT2D eigenvalue weighted by atomic mass is 10.0. The van der Waals surface area contributed by atoms with Crippen LogP contribution in [0.4, 0.5) is 4.39 Å². The Labute approximate surface area is 133 Å². The normalized spacial score (nSPS) is 11.2. The van der Waals surface area contributed by atoms with E-state index in [-0.39, 0.29) is 16.5 Å². The second-order valence-electron chi connectivity index (χ2n) is 5.43. The van der Waals surface area contributed by atoms with Gasteiger partial charge in [0.05, 0.1) is 22.1 Å². The van der Waals surface area contributed by atoms with Crippen LogP contribution in [0.5, 0.6) is 0 Å². The number of nitrogens with zero attached hydrogens (tertiary/aromatic N) is 2. The van der Waals surface area contributed by atoms with E-state index in [1.54, 1.807) is 10.7 Å². The maximum Gasteiger partial charge on any atom is 0.339 e. The lowest BCUT2D eigenvalue weighted by Gasteiger charge is -2.11. The highest BCUT2D eigenvalue weighted by Gasteiger charge is 2.25. The maximum atomic E-state index is 13.4. The SMILES string of the molecule is CCCc1nn(-c2ccc(F)c(Cl)c2)c(C(C)C)c1C(=O)O. The van der Waals surface area contributed by atoms with E-state index in [9.17, 15) is 14.3 Å². The molecule has 1 heterocycles. The van der Waals surface area contributed by atoms with E-state index in [0.29, 0.717) is 23.5 Å². The van der Waals surface area contributed by atoms with Gasteiger partial charge in [-0.05, 0) is 30.5 Å². The van der Waals surface area contributed by atoms with Crippen LogP contribution >= 0.6 is 11.6 Å². The molecule has 6 heteroatoms. The maximum absolute atomic E-state index is 13.4. The summed E-state index contributed by atoms with van der Waals surface area (Å²) in [4.78, 5) is 11.6. The molecule has 4 nitrogen and oxygen atoms in total. The summed E-state index contributed by atoms with van der Waals surface area (Å²) in [6.45, 7) is 5.77. The van der Waals surface area contributed by atoms with Crippen molar-refractivity contribution in [1.82, 2.24) is 9.78 Å². The first-order chi connectivity index (χ1) is 10.4. The molecular weight excluding hydrogens is 307 g/mol. The highest BCUT2D eigenvalue weighted by atomic mass is 35.5. The minimum atomic E-state index is -0.994. The van der Waals surface area contributed by atoms with Gasteiger partial charge in [-0.15, -0.1) is 0 Å². The molecule has 0 radical (unpaired) electrons. The zero-order valence-electron chi connectivity index (χ0n) is 12.7. The first kappa shape index (κ1) is 16.5. The number of carboxylic acids is 1. The van der Waals surface area contributed by atoms with E-state index in [2.05, 4.69) is 5.10 Å². The van der Waals surface area contributed by atoms with Crippen molar-refractivity contribution in [2.75, 3.05) is 0 Å². The van der Waals surface area contributed by atoms with Crippen LogP contribution in [0.2, 0.25) is 5.02 Å². The third kappa shape index (κ3) is 2.99. The van der Waals surface area contributed by atoms with Gasteiger partial charge < -0.3 is 5.11 Å². The Morgan fingerprint density at radius 1 is 1.45 bits per heavy atom. The predicted octanol–water partition coefficient (Wildman–Crippen LogP) is 4.44. The van der Waals surface area contributed by atoms with Gasteiger partial charge in [-0.3, -0.25) is 0 Å². The van der Waals surface area contributed by atoms with Crippen molar-refractivity contribution in [1.29, 1.82) is 0 Å². The van der Waals surface area contributed by atoms with Crippen molar-refractivity contribution in [2.24, 2.45) is 0 Å². The number of aromatic carboxylic acids is 1. The smallest absolute Gasteiger partial charge is 0.339 e. The Balaban J connectivity index is 2.71. The van der Waals surface area contributed by atoms with E-state index >= 15 is 0 Å². The number of hydrogen-bond donors (Lipinski definition) is 1. The zero-order chi connectivity index (χ0) is 16.4. The molecule has 0 fully saturated rings. The molecule has 0 unspecified atom stereocenters. The fourth-order valence-electron chi connectivity index (χ4n) is 2.47. The Morgan fingerprint density at radius 2 is 2.14 bits per heavy atom. The van der Waals surface area contributed by atoms with Gasteiger partial charge in [0.2, 0.25) is 0 Å². The summed E-state index contributed by atoms with van der Waals surface area (Å²) in [7, 11) is 0. The molecule has 1 aromatic heterocycles. The zero-order valence-corrected chi connectivity index (χ0v) is 13.5. The van der Waals surface area contributed by atoms with Crippen LogP contribution < -0.4 is 0 Å². The van der Waals surface area contributed by atoms with Gasteiger partial charge in [-0.2, -0.15) is 5.10 Å². The summed E-state index contributed by atoms with van der Waals surface area (Å²) >= 11 is 5.83. The molecule has 0 amide bonds. The van der Waals surface area contributed by atoms with Gasteiger partial charge in [-0.1, -0.05) is 38.8 Å². The van der Waals surface area contributed by atoms with Crippen LogP contribution in [0.25, 0.3) is 5.69 Å². The molecule has 0 atom stereocenters. The van der Waals surface area contributed by atoms with E-state index < -0.39 is 11.8 Å². The third-order valence-electron chi connectivity index (χ3n) is 3.39. The van der Waals surface area contributed by atoms with E-state index in [4.69, 9.17) is 11.6 Å². The predicted molar refractivity (Wildman–Crippen MR) is 83.6 cm³/mol. The number of hydrogen-bond acceptors (Lipinski definition) is 2. The van der Waals surface area contributed by atoms with E-state index in [0.717, 1.165) is 6.42 Å². The topological polar surface area (TPSA) is 55.1 Å². The first-order valence-corrected chi connectivity index (χ1v) is 7.55. The summed E-state index contributed by atoms with van der Waals surface area (Å²) in [5.41, 5.74) is 1.93. The second-order valence-corrected chi connectivity index (χ2v) is 5.83. The monoisotopic (exact) mass is 324 g/mol. The molecule has 22 heavy (non-hydrogen) atoms. The largest absolute Gasteiger partial charge is 0.478 e. The van der Waals surface area contributed by atoms with Crippen molar-refractivity contribution in [2.45, 2.75) is 39.5 Å². The highest BCUT2D eigenvalue weighted by Crippen LogP contribution is 2.28. The number of aryl methyl sites for hydroxylation is 1. The molecule has 1 aromatic carbocycles. The summed E-state index contributed by atoms with van der Waals surface area (Å²) in [5, 5.41) is 14.0. The highest BCUT2D eigenvalue weighted by molar-refractivity contribution is 6.30. The Morgan fingerprint density at radius 3 is 2.64 bits per heavy atom. The van der Waals surface area contributed by atoms with Crippen LogP contribution in [-0.2, 0) is 6.42 Å². The summed E-state index contributed by atoms with van der Waals surface area (Å²) in [6.07, 6.45) is 1.36. The summed E-state index contributed by atoms with van der Waals surface area (Å²) in [5.74, 6) is -1.56. The second kappa shape index (κ2) is 6.48. The number of benzene rings is 1. The van der Waals surface area contributed by atoms with Crippen LogP contribution in [-0.4, -0.2) is 20.9 Å². The number of carbonyl (C=O) groups is 1. The molecule has 0 saturated carbocycles. The molecule has 0 aliphatic heterocycles. The molecule has 118 valence electrons. The number of aromatic nitrogens is 2. The van der Waals surface area contributed by atoms with Gasteiger partial charge in [0.15, 0.2) is 0 Å². The van der Waals surface area contributed by atoms with Crippen molar-refractivity contribution in [3.05, 3.63) is 46.0 Å². The fraction of sp³-hybridized carbons (Fsp3) is 0.375. The van der Waals surface area contributed by atoms with E-state index in [1.165, 1.54) is 12.1 Å². The van der Waals surface area contributed by atoms with Crippen molar-refractivity contribution >= 4 is 17.6 Å². The minimum absolute atomic E-state index is 0.0170. The first-order valence-electron chi connectivity index (χ1n) is 7.17. The van der Waals surface area contributed by atoms with Crippen LogP contribution in [0.3, 0.4) is 0 Å². The average molecular weight is 325 g/mol. The minimum Gasteiger partial charge on any atom is -0.478 e. The van der Waals surface area contributed by atoms with Crippen molar-refractivity contribution in [3.8, 4) is 5.69 Å². The molecule has 2 rings (SSSR count). The van der Waals surface area contributed by atoms with Gasteiger partial charge in [0.25, 0.3) is 0 Å². The number of halogens is 2. The Hall–Kier alpha value is -1.88. The van der Waals surface area contributed by atoms with Gasteiger partial charge in [-0.25, -0.2) is 13.9 Å². The van der Waals surface area contributed by atoms with E-state index in [1.807, 2.05) is 20.8 Å². The number of carboxylic acid groups (broad SMARTS) is 1. The lowest BCUT2D eigenvalue weighted by Crippen LogP contribution is -2.08. The van der Waals surface area contributed by atoms with Gasteiger partial charge >= 0.3 is 5.97 Å². The number of rotatable bonds is 5.